The summed E-state index contributed by atoms with van der Waals surface area (Å²) in [5.74, 6) is -0.461. The number of nitrogens with one attached hydrogen (secondary N) is 1. The van der Waals surface area contributed by atoms with E-state index < -0.39 is 38.6 Å². The van der Waals surface area contributed by atoms with Crippen LogP contribution in [0.5, 0.6) is 0 Å². The van der Waals surface area contributed by atoms with Crippen LogP contribution in [0.2, 0.25) is 0 Å². The average molecular weight is 879 g/mol. The Morgan fingerprint density at radius 2 is 1.03 bits per heavy atom. The van der Waals surface area contributed by atoms with E-state index in [2.05, 4.69) is 67.8 Å². The number of phosphoric ester groups is 1. The van der Waals surface area contributed by atoms with Crippen LogP contribution in [0.25, 0.3) is 0 Å². The summed E-state index contributed by atoms with van der Waals surface area (Å²) in [6.45, 7) is 3.85. The molecule has 6 N–H and O–H groups in total. The van der Waals surface area contributed by atoms with Crippen molar-refractivity contribution in [1.29, 1.82) is 0 Å². The Balaban J connectivity index is 4.29. The third-order valence-corrected chi connectivity index (χ3v) is 11.8. The van der Waals surface area contributed by atoms with E-state index in [1.165, 1.54) is 128 Å². The van der Waals surface area contributed by atoms with Gasteiger partial charge in [0, 0.05) is 6.54 Å². The summed E-state index contributed by atoms with van der Waals surface area (Å²) in [5.41, 5.74) is 5.38. The number of rotatable bonds is 46. The lowest BCUT2D eigenvalue weighted by atomic mass is 10.0. The number of hydrogen-bond acceptors (Lipinski definition) is 7. The SMILES string of the molecule is CC/C=C\C/C=C\CCCCCCCCCCCCCCC(O)CC(=O)NC(COP(=O)(O)OCCN)C(O)/C=C/CC/C=C/CC/C=C/CCCCCCCCCCCC. The van der Waals surface area contributed by atoms with E-state index in [1.54, 1.807) is 6.08 Å². The van der Waals surface area contributed by atoms with Gasteiger partial charge in [-0.25, -0.2) is 4.57 Å². The molecule has 0 rings (SSSR count). The predicted molar refractivity (Wildman–Crippen MR) is 260 cm³/mol. The van der Waals surface area contributed by atoms with Gasteiger partial charge in [0.2, 0.25) is 5.91 Å². The number of allylic oxidation sites excluding steroid dienone is 9. The highest BCUT2D eigenvalue weighted by Crippen LogP contribution is 2.43. The zero-order valence-electron chi connectivity index (χ0n) is 39.3. The van der Waals surface area contributed by atoms with Crippen molar-refractivity contribution >= 4 is 13.7 Å². The summed E-state index contributed by atoms with van der Waals surface area (Å²) in [6, 6.07) is -1.01. The van der Waals surface area contributed by atoms with Crippen molar-refractivity contribution in [2.24, 2.45) is 5.73 Å². The molecule has 0 aliphatic rings. The summed E-state index contributed by atoms with van der Waals surface area (Å²) in [4.78, 5) is 22.8. The van der Waals surface area contributed by atoms with Crippen molar-refractivity contribution in [1.82, 2.24) is 5.32 Å². The Hall–Kier alpha value is -1.84. The molecule has 0 aromatic carbocycles. The smallest absolute Gasteiger partial charge is 0.393 e. The Morgan fingerprint density at radius 1 is 0.590 bits per heavy atom. The van der Waals surface area contributed by atoms with E-state index in [4.69, 9.17) is 14.8 Å². The number of amides is 1. The van der Waals surface area contributed by atoms with Gasteiger partial charge in [0.15, 0.2) is 0 Å². The standard InChI is InChI=1S/C51H95N2O7P/c1-3-5-7-9-11-13-15-17-19-21-23-25-27-29-31-33-35-37-39-41-43-50(55)49(47-60-61(57,58)59-45-44-52)53-51(56)46-48(54)42-40-38-36-34-32-30-28-26-24-22-20-18-16-14-12-10-8-6-4-2/h6,8,12,14,25,27,33,35,41,43,48-50,54-55H,3-5,7,9-11,13,15-24,26,28-32,34,36-40,42,44-47,52H2,1-2H3,(H,53,56)(H,57,58)/b8-6-,14-12-,27-25+,35-33+,43-41+. The molecule has 0 fully saturated rings. The topological polar surface area (TPSA) is 151 Å². The number of hydrogen-bond donors (Lipinski definition) is 5. The molecule has 0 saturated carbocycles. The van der Waals surface area contributed by atoms with Crippen molar-refractivity contribution < 1.29 is 33.5 Å². The van der Waals surface area contributed by atoms with E-state index in [9.17, 15) is 24.5 Å². The largest absolute Gasteiger partial charge is 0.472 e. The normalized spacial score (nSPS) is 14.9. The van der Waals surface area contributed by atoms with Crippen LogP contribution in [-0.4, -0.2) is 59.0 Å². The van der Waals surface area contributed by atoms with Crippen LogP contribution in [0.3, 0.4) is 0 Å². The first-order valence-electron chi connectivity index (χ1n) is 25.0. The zero-order valence-corrected chi connectivity index (χ0v) is 40.1. The second-order valence-corrected chi connectivity index (χ2v) is 18.3. The molecular formula is C51H95N2O7P. The molecule has 61 heavy (non-hydrogen) atoms. The van der Waals surface area contributed by atoms with Crippen LogP contribution in [-0.2, 0) is 18.4 Å². The van der Waals surface area contributed by atoms with Crippen LogP contribution < -0.4 is 11.1 Å². The van der Waals surface area contributed by atoms with Crippen LogP contribution in [0.1, 0.15) is 219 Å². The number of aliphatic hydroxyl groups excluding tert-OH is 2. The Labute approximate surface area is 375 Å². The second kappa shape index (κ2) is 46.2. The first-order chi connectivity index (χ1) is 29.8. The molecule has 0 aliphatic heterocycles. The van der Waals surface area contributed by atoms with Crippen LogP contribution in [0, 0.1) is 0 Å². The molecule has 0 aromatic rings. The van der Waals surface area contributed by atoms with E-state index in [0.29, 0.717) is 12.8 Å². The van der Waals surface area contributed by atoms with Crippen molar-refractivity contribution in [3.05, 3.63) is 60.8 Å². The van der Waals surface area contributed by atoms with Gasteiger partial charge in [-0.05, 0) is 70.6 Å². The number of carbonyl (C=O) groups is 1. The third-order valence-electron chi connectivity index (χ3n) is 10.9. The van der Waals surface area contributed by atoms with Crippen molar-refractivity contribution in [3.63, 3.8) is 0 Å². The van der Waals surface area contributed by atoms with Gasteiger partial charge < -0.3 is 26.2 Å². The summed E-state index contributed by atoms with van der Waals surface area (Å²) in [7, 11) is -4.42. The number of nitrogens with two attached hydrogens (primary N) is 1. The van der Waals surface area contributed by atoms with Crippen molar-refractivity contribution in [2.75, 3.05) is 19.8 Å². The Morgan fingerprint density at radius 3 is 1.54 bits per heavy atom. The molecule has 0 aliphatic carbocycles. The molecule has 1 amide bonds. The predicted octanol–water partition coefficient (Wildman–Crippen LogP) is 13.6. The van der Waals surface area contributed by atoms with Gasteiger partial charge >= 0.3 is 7.82 Å². The lowest BCUT2D eigenvalue weighted by molar-refractivity contribution is -0.124. The summed E-state index contributed by atoms with van der Waals surface area (Å²) >= 11 is 0. The molecule has 4 atom stereocenters. The van der Waals surface area contributed by atoms with Gasteiger partial charge in [0.25, 0.3) is 0 Å². The molecule has 0 bridgehead atoms. The molecule has 9 nitrogen and oxygen atoms in total. The van der Waals surface area contributed by atoms with Gasteiger partial charge in [-0.3, -0.25) is 13.8 Å². The number of phosphoric acid groups is 1. The maximum absolute atomic E-state index is 12.9. The highest BCUT2D eigenvalue weighted by Gasteiger charge is 2.27. The monoisotopic (exact) mass is 879 g/mol. The second-order valence-electron chi connectivity index (χ2n) is 16.8. The number of carbonyl (C=O) groups excluding carboxylic acids is 1. The summed E-state index contributed by atoms with van der Waals surface area (Å²) in [5, 5.41) is 24.1. The van der Waals surface area contributed by atoms with Gasteiger partial charge in [-0.1, -0.05) is 203 Å². The Kier molecular flexibility index (Phi) is 44.8. The minimum absolute atomic E-state index is 0.0405. The molecule has 4 unspecified atom stereocenters. The number of unbranched alkanes of at least 4 members (excludes halogenated alkanes) is 24. The molecule has 0 saturated heterocycles. The first kappa shape index (κ1) is 59.2. The average Bonchev–Trinajstić information content (AvgIpc) is 3.24. The quantitative estimate of drug-likeness (QED) is 0.0230. The van der Waals surface area contributed by atoms with Crippen molar-refractivity contribution in [2.45, 2.75) is 238 Å². The first-order valence-corrected chi connectivity index (χ1v) is 26.5. The lowest BCUT2D eigenvalue weighted by Gasteiger charge is -2.24. The van der Waals surface area contributed by atoms with Gasteiger partial charge in [-0.2, -0.15) is 0 Å². The van der Waals surface area contributed by atoms with Crippen molar-refractivity contribution in [3.8, 4) is 0 Å². The molecule has 10 heteroatoms. The molecule has 356 valence electrons. The van der Waals surface area contributed by atoms with Crippen LogP contribution in [0.15, 0.2) is 60.8 Å². The fourth-order valence-corrected chi connectivity index (χ4v) is 7.89. The third kappa shape index (κ3) is 44.6. The highest BCUT2D eigenvalue weighted by atomic mass is 31.2. The Bertz CT molecular complexity index is 1160. The van der Waals surface area contributed by atoms with E-state index >= 15 is 0 Å². The number of aliphatic hydroxyl groups is 2. The zero-order chi connectivity index (χ0) is 44.8. The minimum atomic E-state index is -4.42. The minimum Gasteiger partial charge on any atom is -0.393 e. The highest BCUT2D eigenvalue weighted by molar-refractivity contribution is 7.47. The molecular weight excluding hydrogens is 784 g/mol. The van der Waals surface area contributed by atoms with Crippen LogP contribution in [0.4, 0.5) is 0 Å². The maximum atomic E-state index is 12.9. The van der Waals surface area contributed by atoms with E-state index in [-0.39, 0.29) is 19.6 Å². The fraction of sp³-hybridized carbons (Fsp3) is 0.784. The summed E-state index contributed by atoms with van der Waals surface area (Å²) < 4.78 is 22.1. The maximum Gasteiger partial charge on any atom is 0.472 e. The van der Waals surface area contributed by atoms with E-state index in [1.807, 2.05) is 6.08 Å². The molecule has 0 radical (unpaired) electrons. The van der Waals surface area contributed by atoms with Gasteiger partial charge in [0.05, 0.1) is 37.9 Å². The molecule has 0 spiro atoms. The van der Waals surface area contributed by atoms with Gasteiger partial charge in [-0.15, -0.1) is 0 Å². The molecule has 0 heterocycles. The van der Waals surface area contributed by atoms with E-state index in [0.717, 1.165) is 57.8 Å². The fourth-order valence-electron chi connectivity index (χ4n) is 7.13. The van der Waals surface area contributed by atoms with Crippen LogP contribution >= 0.6 is 7.82 Å². The molecule has 0 aromatic heterocycles. The summed E-state index contributed by atoms with van der Waals surface area (Å²) in [6.07, 6.45) is 56.0. The lowest BCUT2D eigenvalue weighted by Crippen LogP contribution is -2.46. The van der Waals surface area contributed by atoms with Gasteiger partial charge in [0.1, 0.15) is 0 Å².